The van der Waals surface area contributed by atoms with Gasteiger partial charge in [-0.25, -0.2) is 19.0 Å². The van der Waals surface area contributed by atoms with Crippen molar-refractivity contribution in [3.8, 4) is 5.69 Å². The van der Waals surface area contributed by atoms with Gasteiger partial charge in [0, 0.05) is 0 Å². The van der Waals surface area contributed by atoms with Crippen LogP contribution in [0.25, 0.3) is 16.7 Å². The molecule has 0 saturated carbocycles. The first-order valence-electron chi connectivity index (χ1n) is 8.55. The van der Waals surface area contributed by atoms with Crippen molar-refractivity contribution in [2.45, 2.75) is 11.9 Å². The molecule has 4 rings (SSSR count). The molecule has 4 aromatic rings. The second-order valence-electron chi connectivity index (χ2n) is 6.13. The van der Waals surface area contributed by atoms with E-state index in [1.807, 2.05) is 30.3 Å². The second kappa shape index (κ2) is 7.77. The number of nitrogens with zero attached hydrogens (tertiary/aromatic N) is 4. The SMILES string of the molecule is Cc1ccc(NC(=O)CSc2ncnc3c2cnn3-c2ccccc2)c(F)c1. The van der Waals surface area contributed by atoms with Gasteiger partial charge in [-0.2, -0.15) is 5.10 Å². The summed E-state index contributed by atoms with van der Waals surface area (Å²) in [5.41, 5.74) is 2.51. The van der Waals surface area contributed by atoms with Crippen LogP contribution in [0.2, 0.25) is 0 Å². The van der Waals surface area contributed by atoms with Crippen molar-refractivity contribution in [3.63, 3.8) is 0 Å². The van der Waals surface area contributed by atoms with E-state index in [9.17, 15) is 9.18 Å². The molecule has 0 saturated heterocycles. The molecule has 0 unspecified atom stereocenters. The zero-order chi connectivity index (χ0) is 19.5. The number of para-hydroxylation sites is 1. The number of carbonyl (C=O) groups is 1. The minimum Gasteiger partial charge on any atom is -0.323 e. The number of rotatable bonds is 5. The number of halogens is 1. The van der Waals surface area contributed by atoms with Crippen LogP contribution in [0.3, 0.4) is 0 Å². The lowest BCUT2D eigenvalue weighted by molar-refractivity contribution is -0.113. The van der Waals surface area contributed by atoms with Crippen LogP contribution in [0.4, 0.5) is 10.1 Å². The highest BCUT2D eigenvalue weighted by molar-refractivity contribution is 8.00. The van der Waals surface area contributed by atoms with Gasteiger partial charge >= 0.3 is 0 Å². The largest absolute Gasteiger partial charge is 0.323 e. The molecule has 2 aromatic heterocycles. The maximum Gasteiger partial charge on any atom is 0.234 e. The third-order valence-corrected chi connectivity index (χ3v) is 5.07. The van der Waals surface area contributed by atoms with E-state index in [-0.39, 0.29) is 17.3 Å². The molecule has 8 heteroatoms. The maximum absolute atomic E-state index is 13.9. The summed E-state index contributed by atoms with van der Waals surface area (Å²) < 4.78 is 15.6. The summed E-state index contributed by atoms with van der Waals surface area (Å²) in [6.07, 6.45) is 3.13. The number of hydrogen-bond acceptors (Lipinski definition) is 5. The van der Waals surface area contributed by atoms with Gasteiger partial charge in [-0.1, -0.05) is 36.0 Å². The van der Waals surface area contributed by atoms with Gasteiger partial charge in [-0.3, -0.25) is 4.79 Å². The van der Waals surface area contributed by atoms with Gasteiger partial charge in [0.1, 0.15) is 17.2 Å². The number of anilines is 1. The lowest BCUT2D eigenvalue weighted by Gasteiger charge is -2.07. The Balaban J connectivity index is 1.51. The fraction of sp³-hybridized carbons (Fsp3) is 0.100. The van der Waals surface area contributed by atoms with E-state index in [4.69, 9.17) is 0 Å². The minimum absolute atomic E-state index is 0.0932. The van der Waals surface area contributed by atoms with Crippen molar-refractivity contribution in [3.05, 3.63) is 72.4 Å². The van der Waals surface area contributed by atoms with Gasteiger partial charge in [0.05, 0.1) is 28.7 Å². The van der Waals surface area contributed by atoms with Crippen LogP contribution in [0, 0.1) is 12.7 Å². The van der Waals surface area contributed by atoms with Gasteiger partial charge in [0.15, 0.2) is 5.65 Å². The Morgan fingerprint density at radius 2 is 2.00 bits per heavy atom. The molecule has 0 bridgehead atoms. The summed E-state index contributed by atoms with van der Waals surface area (Å²) in [5, 5.41) is 8.38. The van der Waals surface area contributed by atoms with Gasteiger partial charge in [0.2, 0.25) is 5.91 Å². The van der Waals surface area contributed by atoms with E-state index in [1.165, 1.54) is 24.2 Å². The Morgan fingerprint density at radius 3 is 2.79 bits per heavy atom. The lowest BCUT2D eigenvalue weighted by Crippen LogP contribution is -2.15. The molecule has 0 aliphatic carbocycles. The van der Waals surface area contributed by atoms with Gasteiger partial charge in [0.25, 0.3) is 0 Å². The van der Waals surface area contributed by atoms with Crippen LogP contribution in [0.5, 0.6) is 0 Å². The average Bonchev–Trinajstić information content (AvgIpc) is 3.14. The van der Waals surface area contributed by atoms with Gasteiger partial charge < -0.3 is 5.32 Å². The van der Waals surface area contributed by atoms with Crippen LogP contribution >= 0.6 is 11.8 Å². The van der Waals surface area contributed by atoms with Crippen LogP contribution in [-0.2, 0) is 4.79 Å². The summed E-state index contributed by atoms with van der Waals surface area (Å²) in [7, 11) is 0. The molecule has 1 amide bonds. The molecule has 0 aliphatic rings. The molecule has 6 nitrogen and oxygen atoms in total. The van der Waals surface area contributed by atoms with Crippen molar-refractivity contribution < 1.29 is 9.18 Å². The number of aromatic nitrogens is 4. The normalized spacial score (nSPS) is 10.9. The van der Waals surface area contributed by atoms with Crippen molar-refractivity contribution >= 4 is 34.4 Å². The highest BCUT2D eigenvalue weighted by Gasteiger charge is 2.14. The monoisotopic (exact) mass is 393 g/mol. The Labute approximate surface area is 164 Å². The van der Waals surface area contributed by atoms with Crippen molar-refractivity contribution in [1.82, 2.24) is 19.7 Å². The fourth-order valence-corrected chi connectivity index (χ4v) is 3.50. The highest BCUT2D eigenvalue weighted by atomic mass is 32.2. The number of nitrogens with one attached hydrogen (secondary N) is 1. The molecule has 2 aromatic carbocycles. The van der Waals surface area contributed by atoms with E-state index in [2.05, 4.69) is 20.4 Å². The number of carbonyl (C=O) groups excluding carboxylic acids is 1. The smallest absolute Gasteiger partial charge is 0.234 e. The first kappa shape index (κ1) is 18.1. The Morgan fingerprint density at radius 1 is 1.18 bits per heavy atom. The van der Waals surface area contributed by atoms with Crippen molar-refractivity contribution in [1.29, 1.82) is 0 Å². The number of thioether (sulfide) groups is 1. The Bertz CT molecular complexity index is 1150. The van der Waals surface area contributed by atoms with Crippen LogP contribution in [0.1, 0.15) is 5.56 Å². The molecule has 0 radical (unpaired) electrons. The van der Waals surface area contributed by atoms with Crippen molar-refractivity contribution in [2.75, 3.05) is 11.1 Å². The van der Waals surface area contributed by atoms with Crippen LogP contribution in [0.15, 0.2) is 66.1 Å². The number of fused-ring (bicyclic) bond motifs is 1. The topological polar surface area (TPSA) is 72.7 Å². The van der Waals surface area contributed by atoms with E-state index < -0.39 is 5.82 Å². The first-order valence-corrected chi connectivity index (χ1v) is 9.53. The minimum atomic E-state index is -0.452. The highest BCUT2D eigenvalue weighted by Crippen LogP contribution is 2.26. The zero-order valence-corrected chi connectivity index (χ0v) is 15.8. The molecular formula is C20H16FN5OS. The molecule has 140 valence electrons. The second-order valence-corrected chi connectivity index (χ2v) is 7.09. The summed E-state index contributed by atoms with van der Waals surface area (Å²) in [5.74, 6) is -0.669. The van der Waals surface area contributed by atoms with E-state index in [0.717, 1.165) is 16.6 Å². The average molecular weight is 393 g/mol. The Kier molecular flexibility index (Phi) is 5.03. The summed E-state index contributed by atoms with van der Waals surface area (Å²) >= 11 is 1.26. The van der Waals surface area contributed by atoms with Crippen LogP contribution < -0.4 is 5.32 Å². The first-order chi connectivity index (χ1) is 13.6. The van der Waals surface area contributed by atoms with Crippen molar-refractivity contribution in [2.24, 2.45) is 0 Å². The number of aryl methyl sites for hydroxylation is 1. The fourth-order valence-electron chi connectivity index (χ4n) is 2.74. The molecule has 0 spiro atoms. The number of benzene rings is 2. The maximum atomic E-state index is 13.9. The molecule has 1 N–H and O–H groups in total. The predicted octanol–water partition coefficient (Wildman–Crippen LogP) is 3.99. The van der Waals surface area contributed by atoms with E-state index in [0.29, 0.717) is 10.7 Å². The molecular weight excluding hydrogens is 377 g/mol. The van der Waals surface area contributed by atoms with E-state index in [1.54, 1.807) is 29.9 Å². The quantitative estimate of drug-likeness (QED) is 0.410. The molecule has 0 atom stereocenters. The van der Waals surface area contributed by atoms with Gasteiger partial charge in [-0.05, 0) is 36.8 Å². The molecule has 0 aliphatic heterocycles. The Hall–Kier alpha value is -3.26. The third-order valence-electron chi connectivity index (χ3n) is 4.07. The predicted molar refractivity (Wildman–Crippen MR) is 107 cm³/mol. The molecule has 2 heterocycles. The van der Waals surface area contributed by atoms with Gasteiger partial charge in [-0.15, -0.1) is 0 Å². The van der Waals surface area contributed by atoms with Crippen LogP contribution in [-0.4, -0.2) is 31.4 Å². The summed E-state index contributed by atoms with van der Waals surface area (Å²) in [4.78, 5) is 20.8. The molecule has 28 heavy (non-hydrogen) atoms. The lowest BCUT2D eigenvalue weighted by atomic mass is 10.2. The third kappa shape index (κ3) is 3.72. The summed E-state index contributed by atoms with van der Waals surface area (Å²) in [6, 6.07) is 14.3. The van der Waals surface area contributed by atoms with E-state index >= 15 is 0 Å². The zero-order valence-electron chi connectivity index (χ0n) is 15.0. The molecule has 0 fully saturated rings. The number of amides is 1. The number of hydrogen-bond donors (Lipinski definition) is 1. The summed E-state index contributed by atoms with van der Waals surface area (Å²) in [6.45, 7) is 1.79. The standard InChI is InChI=1S/C20H16FN5OS/c1-13-7-8-17(16(21)9-13)25-18(27)11-28-20-15-10-24-26(19(15)22-12-23-20)14-5-3-2-4-6-14/h2-10,12H,11H2,1H3,(H,25,27).